The number of likely N-dealkylation sites (N-methyl/N-ethyl adjacent to an activating group) is 1. The average Bonchev–Trinajstić information content (AvgIpc) is 2.80. The standard InChI is InChI=1S/C23H28N2O6/c1-5-24-23(27)15-31-20-9-6-16(12-21(20)30-4)14-25-22(26)11-7-17-13-18(28-2)8-10-19(17)29-3/h6-13H,5,14-15H2,1-4H3,(H,24,27)(H,25,26). The molecule has 2 N–H and O–H groups in total. The molecular formula is C23H28N2O6. The highest BCUT2D eigenvalue weighted by Gasteiger charge is 2.09. The molecule has 0 aliphatic heterocycles. The van der Waals surface area contributed by atoms with Gasteiger partial charge in [0.1, 0.15) is 11.5 Å². The number of carbonyl (C=O) groups excluding carboxylic acids is 2. The van der Waals surface area contributed by atoms with Crippen LogP contribution in [0.4, 0.5) is 0 Å². The Morgan fingerprint density at radius 1 is 0.903 bits per heavy atom. The average molecular weight is 428 g/mol. The molecule has 0 aliphatic rings. The summed E-state index contributed by atoms with van der Waals surface area (Å²) in [6.07, 6.45) is 3.09. The lowest BCUT2D eigenvalue weighted by molar-refractivity contribution is -0.123. The molecule has 0 spiro atoms. The lowest BCUT2D eigenvalue weighted by Crippen LogP contribution is -2.28. The van der Waals surface area contributed by atoms with Crippen molar-refractivity contribution in [3.63, 3.8) is 0 Å². The van der Waals surface area contributed by atoms with Crippen molar-refractivity contribution < 1.29 is 28.5 Å². The van der Waals surface area contributed by atoms with Gasteiger partial charge in [0.05, 0.1) is 21.3 Å². The van der Waals surface area contributed by atoms with Crippen molar-refractivity contribution in [2.75, 3.05) is 34.5 Å². The molecule has 0 radical (unpaired) electrons. The lowest BCUT2D eigenvalue weighted by atomic mass is 10.1. The smallest absolute Gasteiger partial charge is 0.257 e. The normalized spacial score (nSPS) is 10.5. The molecule has 2 rings (SSSR count). The number of rotatable bonds is 11. The first-order valence-corrected chi connectivity index (χ1v) is 9.75. The van der Waals surface area contributed by atoms with E-state index < -0.39 is 0 Å². The molecule has 0 aliphatic carbocycles. The fourth-order valence-electron chi connectivity index (χ4n) is 2.72. The maximum atomic E-state index is 12.2. The monoisotopic (exact) mass is 428 g/mol. The Morgan fingerprint density at radius 3 is 2.32 bits per heavy atom. The second kappa shape index (κ2) is 12.1. The van der Waals surface area contributed by atoms with E-state index in [9.17, 15) is 9.59 Å². The Kier molecular flexibility index (Phi) is 9.22. The van der Waals surface area contributed by atoms with E-state index >= 15 is 0 Å². The van der Waals surface area contributed by atoms with Crippen LogP contribution in [-0.2, 0) is 16.1 Å². The molecule has 8 heteroatoms. The molecule has 31 heavy (non-hydrogen) atoms. The summed E-state index contributed by atoms with van der Waals surface area (Å²) < 4.78 is 21.3. The van der Waals surface area contributed by atoms with E-state index in [1.54, 1.807) is 56.7 Å². The third-order valence-electron chi connectivity index (χ3n) is 4.28. The Balaban J connectivity index is 1.97. The third-order valence-corrected chi connectivity index (χ3v) is 4.28. The molecule has 2 amide bonds. The highest BCUT2D eigenvalue weighted by molar-refractivity contribution is 5.92. The molecule has 0 atom stereocenters. The van der Waals surface area contributed by atoms with Gasteiger partial charge in [-0.1, -0.05) is 6.07 Å². The van der Waals surface area contributed by atoms with Gasteiger partial charge in [0.2, 0.25) is 5.91 Å². The van der Waals surface area contributed by atoms with Gasteiger partial charge in [0, 0.05) is 24.7 Å². The van der Waals surface area contributed by atoms with E-state index in [2.05, 4.69) is 10.6 Å². The predicted octanol–water partition coefficient (Wildman–Crippen LogP) is 2.56. The van der Waals surface area contributed by atoms with Gasteiger partial charge in [-0.05, 0) is 48.9 Å². The van der Waals surface area contributed by atoms with Gasteiger partial charge in [0.25, 0.3) is 5.91 Å². The topological polar surface area (TPSA) is 95.1 Å². The summed E-state index contributed by atoms with van der Waals surface area (Å²) in [7, 11) is 4.66. The minimum absolute atomic E-state index is 0.0984. The number of nitrogens with one attached hydrogen (secondary N) is 2. The van der Waals surface area contributed by atoms with Crippen molar-refractivity contribution in [2.24, 2.45) is 0 Å². The lowest BCUT2D eigenvalue weighted by Gasteiger charge is -2.12. The summed E-state index contributed by atoms with van der Waals surface area (Å²) in [6, 6.07) is 10.6. The third kappa shape index (κ3) is 7.26. The van der Waals surface area contributed by atoms with E-state index in [-0.39, 0.29) is 18.4 Å². The van der Waals surface area contributed by atoms with Crippen molar-refractivity contribution in [2.45, 2.75) is 13.5 Å². The van der Waals surface area contributed by atoms with Crippen LogP contribution in [-0.4, -0.2) is 46.3 Å². The molecular weight excluding hydrogens is 400 g/mol. The van der Waals surface area contributed by atoms with E-state index in [0.29, 0.717) is 36.1 Å². The van der Waals surface area contributed by atoms with Crippen LogP contribution in [0, 0.1) is 0 Å². The summed E-state index contributed by atoms with van der Waals surface area (Å²) >= 11 is 0. The first-order valence-electron chi connectivity index (χ1n) is 9.75. The Labute approximate surface area is 182 Å². The fourth-order valence-corrected chi connectivity index (χ4v) is 2.72. The maximum Gasteiger partial charge on any atom is 0.257 e. The summed E-state index contributed by atoms with van der Waals surface area (Å²) in [5, 5.41) is 5.48. The van der Waals surface area contributed by atoms with Crippen LogP contribution < -0.4 is 29.6 Å². The molecule has 166 valence electrons. The zero-order chi connectivity index (χ0) is 22.6. The number of ether oxygens (including phenoxy) is 4. The molecule has 0 bridgehead atoms. The molecule has 0 heterocycles. The quantitative estimate of drug-likeness (QED) is 0.534. The predicted molar refractivity (Wildman–Crippen MR) is 118 cm³/mol. The largest absolute Gasteiger partial charge is 0.497 e. The van der Waals surface area contributed by atoms with Gasteiger partial charge in [-0.2, -0.15) is 0 Å². The fraction of sp³-hybridized carbons (Fsp3) is 0.304. The molecule has 0 saturated carbocycles. The zero-order valence-corrected chi connectivity index (χ0v) is 18.2. The van der Waals surface area contributed by atoms with Crippen molar-refractivity contribution in [1.29, 1.82) is 0 Å². The van der Waals surface area contributed by atoms with Crippen molar-refractivity contribution in [3.8, 4) is 23.0 Å². The molecule has 0 unspecified atom stereocenters. The Hall–Kier alpha value is -3.68. The maximum absolute atomic E-state index is 12.2. The second-order valence-electron chi connectivity index (χ2n) is 6.39. The van der Waals surface area contributed by atoms with E-state index in [0.717, 1.165) is 11.1 Å². The molecule has 8 nitrogen and oxygen atoms in total. The number of benzene rings is 2. The minimum atomic E-state index is -0.264. The van der Waals surface area contributed by atoms with Gasteiger partial charge < -0.3 is 29.6 Å². The molecule has 0 saturated heterocycles. The summed E-state index contributed by atoms with van der Waals surface area (Å²) in [5.41, 5.74) is 1.55. The first-order chi connectivity index (χ1) is 15.0. The van der Waals surface area contributed by atoms with Gasteiger partial charge >= 0.3 is 0 Å². The number of methoxy groups -OCH3 is 3. The van der Waals surface area contributed by atoms with Crippen LogP contribution >= 0.6 is 0 Å². The van der Waals surface area contributed by atoms with Crippen molar-refractivity contribution in [3.05, 3.63) is 53.6 Å². The van der Waals surface area contributed by atoms with Crippen molar-refractivity contribution in [1.82, 2.24) is 10.6 Å². The first kappa shape index (κ1) is 23.6. The van der Waals surface area contributed by atoms with Crippen LogP contribution in [0.25, 0.3) is 6.08 Å². The molecule has 0 aromatic heterocycles. The molecule has 2 aromatic carbocycles. The zero-order valence-electron chi connectivity index (χ0n) is 18.2. The highest BCUT2D eigenvalue weighted by Crippen LogP contribution is 2.28. The van der Waals surface area contributed by atoms with E-state index in [1.807, 2.05) is 6.92 Å². The van der Waals surface area contributed by atoms with Crippen LogP contribution in [0.5, 0.6) is 23.0 Å². The second-order valence-corrected chi connectivity index (χ2v) is 6.39. The SMILES string of the molecule is CCNC(=O)COc1ccc(CNC(=O)C=Cc2cc(OC)ccc2OC)cc1OC. The van der Waals surface area contributed by atoms with Gasteiger partial charge in [-0.15, -0.1) is 0 Å². The van der Waals surface area contributed by atoms with E-state index in [4.69, 9.17) is 18.9 Å². The van der Waals surface area contributed by atoms with Crippen molar-refractivity contribution >= 4 is 17.9 Å². The highest BCUT2D eigenvalue weighted by atomic mass is 16.5. The van der Waals surface area contributed by atoms with Crippen LogP contribution in [0.1, 0.15) is 18.1 Å². The summed E-state index contributed by atoms with van der Waals surface area (Å²) in [5.74, 6) is 1.77. The van der Waals surface area contributed by atoms with E-state index in [1.165, 1.54) is 13.2 Å². The summed E-state index contributed by atoms with van der Waals surface area (Å²) in [4.78, 5) is 23.8. The molecule has 0 fully saturated rings. The van der Waals surface area contributed by atoms with Gasteiger partial charge in [-0.3, -0.25) is 9.59 Å². The van der Waals surface area contributed by atoms with Crippen LogP contribution in [0.2, 0.25) is 0 Å². The Morgan fingerprint density at radius 2 is 1.65 bits per heavy atom. The number of hydrogen-bond acceptors (Lipinski definition) is 6. The Bertz CT molecular complexity index is 926. The van der Waals surface area contributed by atoms with Gasteiger partial charge in [-0.25, -0.2) is 0 Å². The summed E-state index contributed by atoms with van der Waals surface area (Å²) in [6.45, 7) is 2.57. The van der Waals surface area contributed by atoms with Crippen LogP contribution in [0.3, 0.4) is 0 Å². The number of carbonyl (C=O) groups is 2. The van der Waals surface area contributed by atoms with Gasteiger partial charge in [0.15, 0.2) is 18.1 Å². The minimum Gasteiger partial charge on any atom is -0.497 e. The number of hydrogen-bond donors (Lipinski definition) is 2. The van der Waals surface area contributed by atoms with Crippen LogP contribution in [0.15, 0.2) is 42.5 Å². The molecule has 2 aromatic rings. The number of amides is 2.